The molecular formula is C13H28N2. The number of nitrogens with one attached hydrogen (secondary N) is 1. The highest BCUT2D eigenvalue weighted by Crippen LogP contribution is 2.11. The molecule has 0 saturated carbocycles. The van der Waals surface area contributed by atoms with Crippen LogP contribution in [-0.2, 0) is 0 Å². The summed E-state index contributed by atoms with van der Waals surface area (Å²) in [6.07, 6.45) is 1.98. The van der Waals surface area contributed by atoms with Gasteiger partial charge in [-0.3, -0.25) is 4.90 Å². The quantitative estimate of drug-likeness (QED) is 0.515. The Labute approximate surface area is 95.7 Å². The van der Waals surface area contributed by atoms with E-state index in [-0.39, 0.29) is 5.54 Å². The second-order valence-electron chi connectivity index (χ2n) is 5.50. The molecule has 0 aliphatic rings. The zero-order chi connectivity index (χ0) is 11.9. The molecule has 0 saturated heterocycles. The Morgan fingerprint density at radius 1 is 1.33 bits per heavy atom. The van der Waals surface area contributed by atoms with E-state index in [4.69, 9.17) is 0 Å². The van der Waals surface area contributed by atoms with Crippen LogP contribution in [0.25, 0.3) is 0 Å². The molecule has 0 aromatic rings. The third kappa shape index (κ3) is 7.57. The van der Waals surface area contributed by atoms with Crippen LogP contribution in [0.15, 0.2) is 12.7 Å². The summed E-state index contributed by atoms with van der Waals surface area (Å²) >= 11 is 0. The van der Waals surface area contributed by atoms with Gasteiger partial charge in [0.2, 0.25) is 0 Å². The standard InChI is InChI=1S/C13H28N2/c1-7-9-15(13(4,5)6)10-8-14-11-12(2)3/h7,12,14H,1,8-11H2,2-6H3. The molecule has 0 atom stereocenters. The summed E-state index contributed by atoms with van der Waals surface area (Å²) in [5.41, 5.74) is 0.230. The summed E-state index contributed by atoms with van der Waals surface area (Å²) in [5.74, 6) is 0.729. The van der Waals surface area contributed by atoms with Crippen LogP contribution in [0.3, 0.4) is 0 Å². The second-order valence-corrected chi connectivity index (χ2v) is 5.50. The number of nitrogens with zero attached hydrogens (tertiary/aromatic N) is 1. The van der Waals surface area contributed by atoms with Gasteiger partial charge in [-0.1, -0.05) is 19.9 Å². The molecule has 2 heteroatoms. The average Bonchev–Trinajstić information content (AvgIpc) is 2.08. The zero-order valence-electron chi connectivity index (χ0n) is 11.1. The fourth-order valence-electron chi connectivity index (χ4n) is 1.46. The van der Waals surface area contributed by atoms with E-state index in [9.17, 15) is 0 Å². The third-order valence-corrected chi connectivity index (χ3v) is 2.41. The van der Waals surface area contributed by atoms with Gasteiger partial charge in [0.25, 0.3) is 0 Å². The molecule has 0 aromatic carbocycles. The van der Waals surface area contributed by atoms with Gasteiger partial charge in [0.15, 0.2) is 0 Å². The van der Waals surface area contributed by atoms with E-state index in [1.165, 1.54) is 0 Å². The summed E-state index contributed by atoms with van der Waals surface area (Å²) < 4.78 is 0. The van der Waals surface area contributed by atoms with Crippen LogP contribution in [0.4, 0.5) is 0 Å². The molecule has 0 radical (unpaired) electrons. The van der Waals surface area contributed by atoms with Crippen molar-refractivity contribution in [3.05, 3.63) is 12.7 Å². The lowest BCUT2D eigenvalue weighted by Crippen LogP contribution is -2.45. The van der Waals surface area contributed by atoms with Crippen LogP contribution < -0.4 is 5.32 Å². The lowest BCUT2D eigenvalue weighted by Gasteiger charge is -2.34. The monoisotopic (exact) mass is 212 g/mol. The van der Waals surface area contributed by atoms with Crippen LogP contribution >= 0.6 is 0 Å². The van der Waals surface area contributed by atoms with Crippen LogP contribution in [0, 0.1) is 5.92 Å². The molecule has 0 spiro atoms. The number of hydrogen-bond acceptors (Lipinski definition) is 2. The molecule has 90 valence electrons. The highest BCUT2D eigenvalue weighted by atomic mass is 15.2. The minimum absolute atomic E-state index is 0.230. The first-order valence-electron chi connectivity index (χ1n) is 5.94. The van der Waals surface area contributed by atoms with Gasteiger partial charge in [-0.2, -0.15) is 0 Å². The summed E-state index contributed by atoms with van der Waals surface area (Å²) in [6.45, 7) is 19.2. The Kier molecular flexibility index (Phi) is 6.86. The van der Waals surface area contributed by atoms with Crippen molar-refractivity contribution in [2.75, 3.05) is 26.2 Å². The van der Waals surface area contributed by atoms with Crippen molar-refractivity contribution in [3.63, 3.8) is 0 Å². The third-order valence-electron chi connectivity index (χ3n) is 2.41. The first-order chi connectivity index (χ1) is 6.88. The minimum atomic E-state index is 0.230. The van der Waals surface area contributed by atoms with Crippen LogP contribution in [0.1, 0.15) is 34.6 Å². The van der Waals surface area contributed by atoms with E-state index in [0.717, 1.165) is 32.1 Å². The second kappa shape index (κ2) is 7.02. The van der Waals surface area contributed by atoms with Gasteiger partial charge in [0.05, 0.1) is 0 Å². The molecule has 0 rings (SSSR count). The predicted molar refractivity (Wildman–Crippen MR) is 69.2 cm³/mol. The molecule has 0 aromatic heterocycles. The molecule has 0 fully saturated rings. The molecule has 1 N–H and O–H groups in total. The van der Waals surface area contributed by atoms with Gasteiger partial charge in [0, 0.05) is 25.2 Å². The fourth-order valence-corrected chi connectivity index (χ4v) is 1.46. The highest BCUT2D eigenvalue weighted by Gasteiger charge is 2.18. The molecule has 0 bridgehead atoms. The van der Waals surface area contributed by atoms with E-state index < -0.39 is 0 Å². The van der Waals surface area contributed by atoms with E-state index in [0.29, 0.717) is 0 Å². The first kappa shape index (κ1) is 14.7. The summed E-state index contributed by atoms with van der Waals surface area (Å²) in [4.78, 5) is 2.44. The molecule has 15 heavy (non-hydrogen) atoms. The Balaban J connectivity index is 3.82. The van der Waals surface area contributed by atoms with E-state index in [1.807, 2.05) is 6.08 Å². The van der Waals surface area contributed by atoms with Gasteiger partial charge in [-0.25, -0.2) is 0 Å². The Hall–Kier alpha value is -0.340. The molecule has 0 heterocycles. The van der Waals surface area contributed by atoms with Gasteiger partial charge < -0.3 is 5.32 Å². The van der Waals surface area contributed by atoms with E-state index in [2.05, 4.69) is 51.4 Å². The molecule has 2 nitrogen and oxygen atoms in total. The Morgan fingerprint density at radius 2 is 1.93 bits per heavy atom. The smallest absolute Gasteiger partial charge is 0.0166 e. The topological polar surface area (TPSA) is 15.3 Å². The van der Waals surface area contributed by atoms with Crippen molar-refractivity contribution in [2.45, 2.75) is 40.2 Å². The van der Waals surface area contributed by atoms with Crippen molar-refractivity contribution in [3.8, 4) is 0 Å². The van der Waals surface area contributed by atoms with Crippen LogP contribution in [-0.4, -0.2) is 36.6 Å². The minimum Gasteiger partial charge on any atom is -0.315 e. The fraction of sp³-hybridized carbons (Fsp3) is 0.846. The molecule has 0 unspecified atom stereocenters. The number of rotatable bonds is 7. The van der Waals surface area contributed by atoms with Gasteiger partial charge in [-0.05, 0) is 33.2 Å². The van der Waals surface area contributed by atoms with Crippen LogP contribution in [0.2, 0.25) is 0 Å². The lowest BCUT2D eigenvalue weighted by molar-refractivity contribution is 0.154. The van der Waals surface area contributed by atoms with Gasteiger partial charge >= 0.3 is 0 Å². The van der Waals surface area contributed by atoms with Crippen molar-refractivity contribution >= 4 is 0 Å². The molecule has 0 aliphatic carbocycles. The summed E-state index contributed by atoms with van der Waals surface area (Å²) in [6, 6.07) is 0. The predicted octanol–water partition coefficient (Wildman–Crippen LogP) is 2.52. The van der Waals surface area contributed by atoms with Crippen molar-refractivity contribution in [2.24, 2.45) is 5.92 Å². The van der Waals surface area contributed by atoms with Crippen molar-refractivity contribution in [1.82, 2.24) is 10.2 Å². The maximum absolute atomic E-state index is 3.81. The largest absolute Gasteiger partial charge is 0.315 e. The number of hydrogen-bond donors (Lipinski definition) is 1. The van der Waals surface area contributed by atoms with E-state index >= 15 is 0 Å². The maximum atomic E-state index is 3.81. The highest BCUT2D eigenvalue weighted by molar-refractivity contribution is 4.83. The summed E-state index contributed by atoms with van der Waals surface area (Å²) in [5, 5.41) is 3.47. The molecular weight excluding hydrogens is 184 g/mol. The Bertz CT molecular complexity index is 168. The normalized spacial score (nSPS) is 12.5. The maximum Gasteiger partial charge on any atom is 0.0166 e. The zero-order valence-corrected chi connectivity index (χ0v) is 11.1. The average molecular weight is 212 g/mol. The first-order valence-corrected chi connectivity index (χ1v) is 5.94. The van der Waals surface area contributed by atoms with Gasteiger partial charge in [-0.15, -0.1) is 6.58 Å². The van der Waals surface area contributed by atoms with E-state index in [1.54, 1.807) is 0 Å². The van der Waals surface area contributed by atoms with Crippen molar-refractivity contribution < 1.29 is 0 Å². The van der Waals surface area contributed by atoms with Crippen LogP contribution in [0.5, 0.6) is 0 Å². The molecule has 0 amide bonds. The molecule has 0 aliphatic heterocycles. The SMILES string of the molecule is C=CCN(CCNCC(C)C)C(C)(C)C. The lowest BCUT2D eigenvalue weighted by atomic mass is 10.1. The van der Waals surface area contributed by atoms with Gasteiger partial charge in [0.1, 0.15) is 0 Å². The summed E-state index contributed by atoms with van der Waals surface area (Å²) in [7, 11) is 0. The Morgan fingerprint density at radius 3 is 2.33 bits per heavy atom. The van der Waals surface area contributed by atoms with Crippen molar-refractivity contribution in [1.29, 1.82) is 0 Å².